The summed E-state index contributed by atoms with van der Waals surface area (Å²) in [6.45, 7) is 2.70. The third-order valence-electron chi connectivity index (χ3n) is 2.13. The molecule has 5 nitrogen and oxygen atoms in total. The molecule has 0 saturated carbocycles. The molecule has 0 bridgehead atoms. The quantitative estimate of drug-likeness (QED) is 0.441. The van der Waals surface area contributed by atoms with Crippen LogP contribution in [0.15, 0.2) is 0 Å². The summed E-state index contributed by atoms with van der Waals surface area (Å²) in [5.41, 5.74) is 0. The SMILES string of the molecule is CC(=O)OC1CC(CI)OC(OC(C)=O)C1. The lowest BCUT2D eigenvalue weighted by Crippen LogP contribution is -2.40. The van der Waals surface area contributed by atoms with Crippen molar-refractivity contribution in [1.82, 2.24) is 0 Å². The molecule has 0 radical (unpaired) electrons. The van der Waals surface area contributed by atoms with E-state index in [0.717, 1.165) is 4.43 Å². The number of hydrogen-bond donors (Lipinski definition) is 0. The van der Waals surface area contributed by atoms with E-state index in [9.17, 15) is 9.59 Å². The molecule has 92 valence electrons. The first-order valence-corrected chi connectivity index (χ1v) is 6.59. The van der Waals surface area contributed by atoms with E-state index in [1.807, 2.05) is 0 Å². The maximum atomic E-state index is 10.9. The van der Waals surface area contributed by atoms with E-state index in [2.05, 4.69) is 22.6 Å². The molecule has 16 heavy (non-hydrogen) atoms. The third kappa shape index (κ3) is 4.65. The number of halogens is 1. The summed E-state index contributed by atoms with van der Waals surface area (Å²) in [7, 11) is 0. The molecule has 0 aliphatic carbocycles. The van der Waals surface area contributed by atoms with Crippen molar-refractivity contribution >= 4 is 34.5 Å². The van der Waals surface area contributed by atoms with Crippen molar-refractivity contribution in [2.75, 3.05) is 4.43 Å². The van der Waals surface area contributed by atoms with Gasteiger partial charge in [0.15, 0.2) is 0 Å². The van der Waals surface area contributed by atoms with E-state index >= 15 is 0 Å². The monoisotopic (exact) mass is 342 g/mol. The lowest BCUT2D eigenvalue weighted by molar-refractivity contribution is -0.214. The second-order valence-corrected chi connectivity index (χ2v) is 4.54. The van der Waals surface area contributed by atoms with Crippen LogP contribution in [0.4, 0.5) is 0 Å². The minimum atomic E-state index is -0.602. The van der Waals surface area contributed by atoms with Crippen LogP contribution in [-0.4, -0.2) is 34.9 Å². The zero-order chi connectivity index (χ0) is 12.1. The van der Waals surface area contributed by atoms with Crippen LogP contribution in [0.5, 0.6) is 0 Å². The van der Waals surface area contributed by atoms with Gasteiger partial charge in [-0.2, -0.15) is 0 Å². The van der Waals surface area contributed by atoms with Gasteiger partial charge in [-0.15, -0.1) is 0 Å². The van der Waals surface area contributed by atoms with E-state index in [1.54, 1.807) is 0 Å². The van der Waals surface area contributed by atoms with Gasteiger partial charge in [-0.05, 0) is 0 Å². The van der Waals surface area contributed by atoms with Gasteiger partial charge in [-0.3, -0.25) is 9.59 Å². The van der Waals surface area contributed by atoms with Crippen molar-refractivity contribution in [2.24, 2.45) is 0 Å². The number of ether oxygens (including phenoxy) is 3. The van der Waals surface area contributed by atoms with Crippen LogP contribution in [0, 0.1) is 0 Å². The molecule has 6 heteroatoms. The second kappa shape index (κ2) is 6.39. The molecule has 0 aromatic heterocycles. The van der Waals surface area contributed by atoms with E-state index in [-0.39, 0.29) is 24.1 Å². The number of carbonyl (C=O) groups excluding carboxylic acids is 2. The fraction of sp³-hybridized carbons (Fsp3) is 0.800. The molecule has 1 aliphatic heterocycles. The minimum Gasteiger partial charge on any atom is -0.462 e. The number of hydrogen-bond acceptors (Lipinski definition) is 5. The average molecular weight is 342 g/mol. The van der Waals surface area contributed by atoms with E-state index in [4.69, 9.17) is 14.2 Å². The Kier molecular flexibility index (Phi) is 5.47. The summed E-state index contributed by atoms with van der Waals surface area (Å²) in [6.07, 6.45) is 0.195. The first-order chi connectivity index (χ1) is 7.51. The van der Waals surface area contributed by atoms with E-state index in [0.29, 0.717) is 12.8 Å². The fourth-order valence-electron chi connectivity index (χ4n) is 1.62. The molecule has 1 heterocycles. The zero-order valence-electron chi connectivity index (χ0n) is 9.27. The lowest BCUT2D eigenvalue weighted by atomic mass is 10.1. The summed E-state index contributed by atoms with van der Waals surface area (Å²) < 4.78 is 16.4. The molecule has 0 aromatic carbocycles. The molecule has 1 saturated heterocycles. The molecule has 0 N–H and O–H groups in total. The summed E-state index contributed by atoms with van der Waals surface area (Å²) in [5.74, 6) is -0.707. The Labute approximate surface area is 108 Å². The normalized spacial score (nSPS) is 29.6. The van der Waals surface area contributed by atoms with Crippen molar-refractivity contribution in [3.63, 3.8) is 0 Å². The highest BCUT2D eigenvalue weighted by Gasteiger charge is 2.32. The predicted octanol–water partition coefficient (Wildman–Crippen LogP) is 1.42. The second-order valence-electron chi connectivity index (χ2n) is 3.65. The van der Waals surface area contributed by atoms with Gasteiger partial charge in [0, 0.05) is 31.1 Å². The third-order valence-corrected chi connectivity index (χ3v) is 3.11. The standard InChI is InChI=1S/C10H15IO5/c1-6(12)14-8-3-9(5-11)16-10(4-8)15-7(2)13/h8-10H,3-5H2,1-2H3. The van der Waals surface area contributed by atoms with Crippen molar-refractivity contribution in [3.8, 4) is 0 Å². The molecular weight excluding hydrogens is 327 g/mol. The number of alkyl halides is 1. The Bertz CT molecular complexity index is 244. The van der Waals surface area contributed by atoms with Crippen LogP contribution in [-0.2, 0) is 23.8 Å². The van der Waals surface area contributed by atoms with Gasteiger partial charge < -0.3 is 14.2 Å². The fourth-order valence-corrected chi connectivity index (χ4v) is 2.19. The van der Waals surface area contributed by atoms with Crippen molar-refractivity contribution in [3.05, 3.63) is 0 Å². The molecule has 3 unspecified atom stereocenters. The van der Waals surface area contributed by atoms with Crippen LogP contribution in [0.2, 0.25) is 0 Å². The molecular formula is C10H15IO5. The summed E-state index contributed by atoms with van der Waals surface area (Å²) in [6, 6.07) is 0. The van der Waals surface area contributed by atoms with Crippen molar-refractivity contribution in [2.45, 2.75) is 45.2 Å². The molecule has 1 rings (SSSR count). The molecule has 0 amide bonds. The number of rotatable bonds is 3. The van der Waals surface area contributed by atoms with Gasteiger partial charge >= 0.3 is 11.9 Å². The maximum Gasteiger partial charge on any atom is 0.304 e. The Morgan fingerprint density at radius 3 is 2.38 bits per heavy atom. The van der Waals surface area contributed by atoms with Crippen LogP contribution in [0.25, 0.3) is 0 Å². The van der Waals surface area contributed by atoms with Gasteiger partial charge in [0.25, 0.3) is 0 Å². The number of esters is 2. The smallest absolute Gasteiger partial charge is 0.304 e. The lowest BCUT2D eigenvalue weighted by Gasteiger charge is -2.33. The van der Waals surface area contributed by atoms with Gasteiger partial charge in [0.1, 0.15) is 6.10 Å². The van der Waals surface area contributed by atoms with Crippen LogP contribution < -0.4 is 0 Å². The maximum absolute atomic E-state index is 10.9. The molecule has 1 aliphatic rings. The Morgan fingerprint density at radius 2 is 1.88 bits per heavy atom. The van der Waals surface area contributed by atoms with E-state index in [1.165, 1.54) is 13.8 Å². The molecule has 0 spiro atoms. The van der Waals surface area contributed by atoms with Gasteiger partial charge in [0.2, 0.25) is 6.29 Å². The van der Waals surface area contributed by atoms with Crippen LogP contribution in [0.3, 0.4) is 0 Å². The highest BCUT2D eigenvalue weighted by atomic mass is 127. The van der Waals surface area contributed by atoms with Gasteiger partial charge in [-0.1, -0.05) is 22.6 Å². The zero-order valence-corrected chi connectivity index (χ0v) is 11.4. The van der Waals surface area contributed by atoms with Crippen molar-refractivity contribution in [1.29, 1.82) is 0 Å². The van der Waals surface area contributed by atoms with Gasteiger partial charge in [0.05, 0.1) is 6.10 Å². The van der Waals surface area contributed by atoms with Crippen molar-refractivity contribution < 1.29 is 23.8 Å². The first-order valence-electron chi connectivity index (χ1n) is 5.07. The Balaban J connectivity index is 2.53. The van der Waals surface area contributed by atoms with Crippen LogP contribution in [0.1, 0.15) is 26.7 Å². The highest BCUT2D eigenvalue weighted by Crippen LogP contribution is 2.24. The largest absolute Gasteiger partial charge is 0.462 e. The number of carbonyl (C=O) groups is 2. The van der Waals surface area contributed by atoms with E-state index < -0.39 is 6.29 Å². The summed E-state index contributed by atoms with van der Waals surface area (Å²) in [4.78, 5) is 21.7. The molecule has 3 atom stereocenters. The Morgan fingerprint density at radius 1 is 1.25 bits per heavy atom. The summed E-state index contributed by atoms with van der Waals surface area (Å²) >= 11 is 2.19. The predicted molar refractivity (Wildman–Crippen MR) is 64.1 cm³/mol. The summed E-state index contributed by atoms with van der Waals surface area (Å²) in [5, 5.41) is 0. The van der Waals surface area contributed by atoms with Gasteiger partial charge in [-0.25, -0.2) is 0 Å². The minimum absolute atomic E-state index is 0.0388. The highest BCUT2D eigenvalue weighted by molar-refractivity contribution is 14.1. The average Bonchev–Trinajstić information content (AvgIpc) is 2.14. The molecule has 0 aromatic rings. The first kappa shape index (κ1) is 13.7. The Hall–Kier alpha value is -0.370. The molecule has 1 fully saturated rings. The topological polar surface area (TPSA) is 61.8 Å². The van der Waals surface area contributed by atoms with Crippen LogP contribution >= 0.6 is 22.6 Å².